The molecule has 1 aliphatic rings. The van der Waals surface area contributed by atoms with Gasteiger partial charge in [-0.05, 0) is 44.2 Å². The van der Waals surface area contributed by atoms with Crippen LogP contribution in [0.3, 0.4) is 0 Å². The summed E-state index contributed by atoms with van der Waals surface area (Å²) in [5.74, 6) is 0.583. The number of carbonyl (C=O) groups is 1. The van der Waals surface area contributed by atoms with Crippen LogP contribution in [0.4, 0.5) is 11.4 Å². The number of nitrogens with one attached hydrogen (secondary N) is 1. The lowest BCUT2D eigenvalue weighted by Crippen LogP contribution is -2.27. The Labute approximate surface area is 173 Å². The van der Waals surface area contributed by atoms with Crippen molar-refractivity contribution in [3.8, 4) is 5.75 Å². The van der Waals surface area contributed by atoms with Crippen molar-refractivity contribution in [3.63, 3.8) is 0 Å². The normalized spacial score (nSPS) is 15.1. The second kappa shape index (κ2) is 9.37. The lowest BCUT2D eigenvalue weighted by molar-refractivity contribution is -0.438. The molecule has 4 nitrogen and oxygen atoms in total. The molecule has 1 aliphatic heterocycles. The molecule has 2 aromatic rings. The zero-order chi connectivity index (χ0) is 20.7. The standard InChI is InChI=1S/C25H28N2O2/c1-4-5-17-27-23-15-14-21(29-19-28)18-22(23)25(2,3)24(27)13-9-10-16-26-20-11-7-6-8-12-20/h6-16,18-19H,4-5,17H2,1-3H3/p+1. The average molecular weight is 390 g/mol. The number of allylic oxidation sites excluding steroid dienone is 3. The number of ether oxygens (including phenoxy) is 1. The van der Waals surface area contributed by atoms with Gasteiger partial charge in [0.1, 0.15) is 12.3 Å². The summed E-state index contributed by atoms with van der Waals surface area (Å²) in [6, 6.07) is 16.0. The van der Waals surface area contributed by atoms with E-state index in [1.54, 1.807) is 0 Å². The second-order valence-corrected chi connectivity index (χ2v) is 7.64. The van der Waals surface area contributed by atoms with Gasteiger partial charge in [-0.1, -0.05) is 37.6 Å². The summed E-state index contributed by atoms with van der Waals surface area (Å²) in [6.45, 7) is 8.08. The minimum absolute atomic E-state index is 0.178. The number of para-hydroxylation sites is 1. The summed E-state index contributed by atoms with van der Waals surface area (Å²) < 4.78 is 7.47. The highest BCUT2D eigenvalue weighted by Crippen LogP contribution is 2.41. The molecule has 0 aromatic heterocycles. The minimum Gasteiger partial charge on any atom is -0.429 e. The van der Waals surface area contributed by atoms with E-state index >= 15 is 0 Å². The Morgan fingerprint density at radius 3 is 2.62 bits per heavy atom. The van der Waals surface area contributed by atoms with Gasteiger partial charge in [-0.2, -0.15) is 4.58 Å². The molecule has 0 amide bonds. The van der Waals surface area contributed by atoms with Crippen LogP contribution in [0.2, 0.25) is 0 Å². The summed E-state index contributed by atoms with van der Waals surface area (Å²) in [5.41, 5.74) is 4.49. The maximum Gasteiger partial charge on any atom is 0.298 e. The third-order valence-corrected chi connectivity index (χ3v) is 5.27. The number of nitrogens with zero attached hydrogens (tertiary/aromatic N) is 1. The van der Waals surface area contributed by atoms with E-state index in [4.69, 9.17) is 4.74 Å². The van der Waals surface area contributed by atoms with Crippen LogP contribution in [-0.4, -0.2) is 23.3 Å². The molecule has 0 saturated heterocycles. The van der Waals surface area contributed by atoms with Gasteiger partial charge in [0.15, 0.2) is 5.71 Å². The molecule has 2 aromatic carbocycles. The van der Waals surface area contributed by atoms with Gasteiger partial charge < -0.3 is 10.1 Å². The van der Waals surface area contributed by atoms with Crippen molar-refractivity contribution in [2.24, 2.45) is 0 Å². The van der Waals surface area contributed by atoms with Crippen molar-refractivity contribution in [3.05, 3.63) is 78.5 Å². The number of anilines is 1. The van der Waals surface area contributed by atoms with Gasteiger partial charge >= 0.3 is 0 Å². The fraction of sp³-hybridized carbons (Fsp3) is 0.280. The van der Waals surface area contributed by atoms with E-state index in [-0.39, 0.29) is 5.41 Å². The van der Waals surface area contributed by atoms with Gasteiger partial charge in [-0.25, -0.2) is 0 Å². The Balaban J connectivity index is 1.86. The Bertz CT molecular complexity index is 941. The van der Waals surface area contributed by atoms with Crippen molar-refractivity contribution in [2.75, 3.05) is 11.9 Å². The molecule has 1 N–H and O–H groups in total. The summed E-state index contributed by atoms with van der Waals surface area (Å²) in [4.78, 5) is 10.7. The van der Waals surface area contributed by atoms with Crippen molar-refractivity contribution >= 4 is 23.6 Å². The number of hydrogen-bond acceptors (Lipinski definition) is 3. The molecule has 0 saturated carbocycles. The summed E-state index contributed by atoms with van der Waals surface area (Å²) >= 11 is 0. The van der Waals surface area contributed by atoms with Gasteiger partial charge in [0.05, 0.1) is 5.41 Å². The van der Waals surface area contributed by atoms with Crippen LogP contribution in [0.1, 0.15) is 39.2 Å². The monoisotopic (exact) mass is 389 g/mol. The molecule has 0 aliphatic carbocycles. The Morgan fingerprint density at radius 2 is 1.90 bits per heavy atom. The topological polar surface area (TPSA) is 41.3 Å². The van der Waals surface area contributed by atoms with Crippen molar-refractivity contribution < 1.29 is 14.1 Å². The molecule has 1 heterocycles. The molecule has 0 atom stereocenters. The van der Waals surface area contributed by atoms with E-state index in [2.05, 4.69) is 48.9 Å². The summed E-state index contributed by atoms with van der Waals surface area (Å²) in [5, 5.41) is 3.27. The lowest BCUT2D eigenvalue weighted by atomic mass is 9.81. The molecule has 150 valence electrons. The number of fused-ring (bicyclic) bond motifs is 1. The molecule has 0 unspecified atom stereocenters. The van der Waals surface area contributed by atoms with Crippen LogP contribution in [0.5, 0.6) is 5.75 Å². The van der Waals surface area contributed by atoms with E-state index in [0.29, 0.717) is 12.2 Å². The van der Waals surface area contributed by atoms with Gasteiger partial charge in [0.25, 0.3) is 6.47 Å². The lowest BCUT2D eigenvalue weighted by Gasteiger charge is -2.15. The van der Waals surface area contributed by atoms with E-state index in [9.17, 15) is 4.79 Å². The maximum absolute atomic E-state index is 10.7. The molecule has 29 heavy (non-hydrogen) atoms. The first-order valence-corrected chi connectivity index (χ1v) is 10.1. The molecule has 4 heteroatoms. The van der Waals surface area contributed by atoms with Gasteiger partial charge in [-0.3, -0.25) is 4.79 Å². The molecular formula is C25H29N2O2+. The number of rotatable bonds is 9. The number of unbranched alkanes of at least 4 members (excludes halogenated alkanes) is 1. The molecule has 0 spiro atoms. The third-order valence-electron chi connectivity index (χ3n) is 5.27. The first-order chi connectivity index (χ1) is 14.1. The minimum atomic E-state index is -0.178. The van der Waals surface area contributed by atoms with Crippen LogP contribution in [0.25, 0.3) is 0 Å². The number of hydrogen-bond donors (Lipinski definition) is 1. The molecule has 3 rings (SSSR count). The van der Waals surface area contributed by atoms with Gasteiger partial charge in [0, 0.05) is 36.0 Å². The van der Waals surface area contributed by atoms with E-state index in [1.165, 1.54) is 17.0 Å². The van der Waals surface area contributed by atoms with E-state index in [0.717, 1.165) is 25.1 Å². The second-order valence-electron chi connectivity index (χ2n) is 7.64. The zero-order valence-corrected chi connectivity index (χ0v) is 17.4. The molecule has 0 fully saturated rings. The van der Waals surface area contributed by atoms with Crippen molar-refractivity contribution in [2.45, 2.75) is 39.0 Å². The van der Waals surface area contributed by atoms with Gasteiger partial charge in [-0.15, -0.1) is 0 Å². The quantitative estimate of drug-likeness (QED) is 0.346. The number of carbonyl (C=O) groups excluding carboxylic acids is 1. The highest BCUT2D eigenvalue weighted by atomic mass is 16.5. The van der Waals surface area contributed by atoms with Crippen molar-refractivity contribution in [1.82, 2.24) is 0 Å². The Morgan fingerprint density at radius 1 is 1.10 bits per heavy atom. The fourth-order valence-corrected chi connectivity index (χ4v) is 3.72. The predicted molar refractivity (Wildman–Crippen MR) is 119 cm³/mol. The van der Waals surface area contributed by atoms with Crippen LogP contribution in [-0.2, 0) is 10.2 Å². The van der Waals surface area contributed by atoms with Crippen LogP contribution in [0.15, 0.2) is 73.0 Å². The Kier molecular flexibility index (Phi) is 6.65. The molecule has 0 radical (unpaired) electrons. The van der Waals surface area contributed by atoms with Crippen LogP contribution in [0, 0.1) is 0 Å². The van der Waals surface area contributed by atoms with Gasteiger partial charge in [0.2, 0.25) is 5.69 Å². The average Bonchev–Trinajstić information content (AvgIpc) is 2.93. The first kappa shape index (κ1) is 20.6. The largest absolute Gasteiger partial charge is 0.429 e. The van der Waals surface area contributed by atoms with Crippen molar-refractivity contribution in [1.29, 1.82) is 0 Å². The number of benzene rings is 2. The highest BCUT2D eigenvalue weighted by molar-refractivity contribution is 6.03. The molecular weight excluding hydrogens is 360 g/mol. The maximum atomic E-state index is 10.7. The summed E-state index contributed by atoms with van der Waals surface area (Å²) in [7, 11) is 0. The highest BCUT2D eigenvalue weighted by Gasteiger charge is 2.44. The SMILES string of the molecule is CCCC[N+]1=C(/C=C/C=C/Nc2ccccc2)C(C)(C)c2cc(OC=O)ccc21. The molecule has 0 bridgehead atoms. The third kappa shape index (κ3) is 4.65. The Hall–Kier alpha value is -3.14. The van der Waals surface area contributed by atoms with E-state index < -0.39 is 0 Å². The first-order valence-electron chi connectivity index (χ1n) is 10.1. The summed E-state index contributed by atoms with van der Waals surface area (Å²) in [6.07, 6.45) is 10.5. The van der Waals surface area contributed by atoms with E-state index in [1.807, 2.05) is 54.7 Å². The fourth-order valence-electron chi connectivity index (χ4n) is 3.72. The predicted octanol–water partition coefficient (Wildman–Crippen LogP) is 5.58. The zero-order valence-electron chi connectivity index (χ0n) is 17.4. The smallest absolute Gasteiger partial charge is 0.298 e. The van der Waals surface area contributed by atoms with Crippen LogP contribution < -0.4 is 10.1 Å². The van der Waals surface area contributed by atoms with Crippen LogP contribution >= 0.6 is 0 Å².